The summed E-state index contributed by atoms with van der Waals surface area (Å²) in [6.07, 6.45) is 5.06. The quantitative estimate of drug-likeness (QED) is 0.487. The Labute approximate surface area is 196 Å². The standard InChI is InChI=1S/C24H25N7O3/c1-14-8-16(6-7-34-14)31-21(10-22(32)29-20-13-27-30(2)24(20)33-3)28-19-12-26-18-5-4-15(11-25)9-17(18)23(19)31/h4-5,9,12-14,16H,6-8,10H2,1-3H3,(H,29,32)/t14-,16-/m1/s1. The molecule has 2 atom stereocenters. The Kier molecular flexibility index (Phi) is 5.63. The zero-order valence-corrected chi connectivity index (χ0v) is 19.3. The van der Waals surface area contributed by atoms with Gasteiger partial charge < -0.3 is 19.4 Å². The predicted octanol–water partition coefficient (Wildman–Crippen LogP) is 3.12. The molecule has 0 radical (unpaired) electrons. The van der Waals surface area contributed by atoms with Crippen LogP contribution in [0.4, 0.5) is 5.69 Å². The average Bonchev–Trinajstić information content (AvgIpc) is 3.37. The van der Waals surface area contributed by atoms with Crippen molar-refractivity contribution in [3.05, 3.63) is 42.0 Å². The van der Waals surface area contributed by atoms with Crippen molar-refractivity contribution in [1.82, 2.24) is 24.3 Å². The maximum absolute atomic E-state index is 13.1. The molecular weight excluding hydrogens is 434 g/mol. The molecular formula is C24H25N7O3. The van der Waals surface area contributed by atoms with Gasteiger partial charge in [-0.25, -0.2) is 9.67 Å². The molecule has 1 aliphatic rings. The minimum absolute atomic E-state index is 0.0674. The number of methoxy groups -OCH3 is 1. The summed E-state index contributed by atoms with van der Waals surface area (Å²) in [5.74, 6) is 0.892. The van der Waals surface area contributed by atoms with Crippen LogP contribution in [-0.4, -0.2) is 50.0 Å². The molecule has 174 valence electrons. The zero-order chi connectivity index (χ0) is 23.8. The fourth-order valence-electron chi connectivity index (χ4n) is 4.71. The highest BCUT2D eigenvalue weighted by Crippen LogP contribution is 2.34. The van der Waals surface area contributed by atoms with Crippen LogP contribution in [0.25, 0.3) is 21.9 Å². The first-order chi connectivity index (χ1) is 16.5. The van der Waals surface area contributed by atoms with Gasteiger partial charge in [-0.3, -0.25) is 9.78 Å². The van der Waals surface area contributed by atoms with Crippen LogP contribution in [0, 0.1) is 11.3 Å². The molecule has 1 fully saturated rings. The van der Waals surface area contributed by atoms with Gasteiger partial charge in [0.05, 0.1) is 54.7 Å². The number of aromatic nitrogens is 5. The summed E-state index contributed by atoms with van der Waals surface area (Å²) in [4.78, 5) is 22.4. The fraction of sp³-hybridized carbons (Fsp3) is 0.375. The van der Waals surface area contributed by atoms with Crippen molar-refractivity contribution in [2.75, 3.05) is 19.0 Å². The number of carbonyl (C=O) groups excluding carboxylic acids is 1. The minimum atomic E-state index is -0.224. The van der Waals surface area contributed by atoms with Crippen LogP contribution in [0.15, 0.2) is 30.6 Å². The second kappa shape index (κ2) is 8.76. The summed E-state index contributed by atoms with van der Waals surface area (Å²) in [7, 11) is 3.28. The number of nitrogens with zero attached hydrogens (tertiary/aromatic N) is 6. The molecule has 1 amide bonds. The molecule has 0 unspecified atom stereocenters. The van der Waals surface area contributed by atoms with Crippen LogP contribution in [-0.2, 0) is 23.0 Å². The Balaban J connectivity index is 1.60. The Morgan fingerprint density at radius 3 is 2.97 bits per heavy atom. The van der Waals surface area contributed by atoms with Gasteiger partial charge in [0.2, 0.25) is 11.8 Å². The third kappa shape index (κ3) is 3.84. The molecule has 1 aliphatic heterocycles. The molecule has 34 heavy (non-hydrogen) atoms. The molecule has 1 N–H and O–H groups in total. The number of pyridine rings is 1. The number of benzene rings is 1. The van der Waals surface area contributed by atoms with Gasteiger partial charge in [-0.2, -0.15) is 10.4 Å². The van der Waals surface area contributed by atoms with Crippen LogP contribution >= 0.6 is 0 Å². The number of anilines is 1. The highest BCUT2D eigenvalue weighted by Gasteiger charge is 2.27. The van der Waals surface area contributed by atoms with Crippen LogP contribution < -0.4 is 10.1 Å². The molecule has 0 bridgehead atoms. The van der Waals surface area contributed by atoms with E-state index in [9.17, 15) is 10.1 Å². The third-order valence-electron chi connectivity index (χ3n) is 6.21. The summed E-state index contributed by atoms with van der Waals surface area (Å²) >= 11 is 0. The van der Waals surface area contributed by atoms with Gasteiger partial charge in [0.15, 0.2) is 0 Å². The summed E-state index contributed by atoms with van der Waals surface area (Å²) in [5, 5.41) is 17.3. The number of amides is 1. The molecule has 10 nitrogen and oxygen atoms in total. The van der Waals surface area contributed by atoms with Gasteiger partial charge in [-0.1, -0.05) is 0 Å². The largest absolute Gasteiger partial charge is 0.480 e. The maximum Gasteiger partial charge on any atom is 0.235 e. The van der Waals surface area contributed by atoms with Gasteiger partial charge >= 0.3 is 0 Å². The van der Waals surface area contributed by atoms with Crippen molar-refractivity contribution in [2.45, 2.75) is 38.3 Å². The molecule has 1 saturated heterocycles. The number of fused-ring (bicyclic) bond motifs is 3. The third-order valence-corrected chi connectivity index (χ3v) is 6.21. The van der Waals surface area contributed by atoms with Gasteiger partial charge in [0.1, 0.15) is 17.0 Å². The van der Waals surface area contributed by atoms with Gasteiger partial charge in [0, 0.05) is 25.1 Å². The van der Waals surface area contributed by atoms with Crippen LogP contribution in [0.2, 0.25) is 0 Å². The second-order valence-electron chi connectivity index (χ2n) is 8.51. The lowest BCUT2D eigenvalue weighted by atomic mass is 10.0. The number of aryl methyl sites for hydroxylation is 1. The molecule has 0 aliphatic carbocycles. The Bertz CT molecular complexity index is 1430. The van der Waals surface area contributed by atoms with E-state index in [-0.39, 0.29) is 24.5 Å². The van der Waals surface area contributed by atoms with E-state index in [0.717, 1.165) is 29.3 Å². The lowest BCUT2D eigenvalue weighted by Gasteiger charge is -2.30. The van der Waals surface area contributed by atoms with Crippen molar-refractivity contribution in [3.8, 4) is 11.9 Å². The molecule has 3 aromatic heterocycles. The first-order valence-corrected chi connectivity index (χ1v) is 11.2. The summed E-state index contributed by atoms with van der Waals surface area (Å²) in [6, 6.07) is 7.77. The molecule has 5 rings (SSSR count). The SMILES string of the molecule is COc1c(NC(=O)Cc2nc3cnc4ccc(C#N)cc4c3n2[C@@H]2CCO[C@H](C)C2)cnn1C. The van der Waals surface area contributed by atoms with E-state index < -0.39 is 0 Å². The highest BCUT2D eigenvalue weighted by molar-refractivity contribution is 6.03. The molecule has 0 spiro atoms. The number of rotatable bonds is 5. The molecule has 0 saturated carbocycles. The van der Waals surface area contributed by atoms with E-state index in [1.165, 1.54) is 7.11 Å². The van der Waals surface area contributed by atoms with Gasteiger partial charge in [-0.15, -0.1) is 0 Å². The van der Waals surface area contributed by atoms with E-state index in [2.05, 4.69) is 33.0 Å². The van der Waals surface area contributed by atoms with E-state index in [0.29, 0.717) is 35.1 Å². The second-order valence-corrected chi connectivity index (χ2v) is 8.51. The Morgan fingerprint density at radius 2 is 2.21 bits per heavy atom. The minimum Gasteiger partial charge on any atom is -0.480 e. The Morgan fingerprint density at radius 1 is 1.35 bits per heavy atom. The first-order valence-electron chi connectivity index (χ1n) is 11.2. The normalized spacial score (nSPS) is 18.2. The number of nitriles is 1. The Hall–Kier alpha value is -3.97. The molecule has 4 heterocycles. The monoisotopic (exact) mass is 459 g/mol. The van der Waals surface area contributed by atoms with Crippen molar-refractivity contribution in [2.24, 2.45) is 7.05 Å². The molecule has 10 heteroatoms. The van der Waals surface area contributed by atoms with Gasteiger partial charge in [0.25, 0.3) is 0 Å². The van der Waals surface area contributed by atoms with E-state index in [1.807, 2.05) is 12.1 Å². The summed E-state index contributed by atoms with van der Waals surface area (Å²) < 4.78 is 14.8. The van der Waals surface area contributed by atoms with E-state index in [1.54, 1.807) is 30.2 Å². The average molecular weight is 460 g/mol. The van der Waals surface area contributed by atoms with Crippen molar-refractivity contribution in [1.29, 1.82) is 5.26 Å². The predicted molar refractivity (Wildman–Crippen MR) is 126 cm³/mol. The van der Waals surface area contributed by atoms with Crippen LogP contribution in [0.5, 0.6) is 5.88 Å². The van der Waals surface area contributed by atoms with Gasteiger partial charge in [-0.05, 0) is 38.0 Å². The number of ether oxygens (including phenoxy) is 2. The van der Waals surface area contributed by atoms with Crippen molar-refractivity contribution in [3.63, 3.8) is 0 Å². The lowest BCUT2D eigenvalue weighted by Crippen LogP contribution is -2.27. The van der Waals surface area contributed by atoms with E-state index in [4.69, 9.17) is 14.5 Å². The molecule has 1 aromatic carbocycles. The molecule has 4 aromatic rings. The van der Waals surface area contributed by atoms with Crippen molar-refractivity contribution >= 4 is 33.5 Å². The lowest BCUT2D eigenvalue weighted by molar-refractivity contribution is -0.115. The number of hydrogen-bond donors (Lipinski definition) is 1. The number of nitrogens with one attached hydrogen (secondary N) is 1. The van der Waals surface area contributed by atoms with Crippen LogP contribution in [0.3, 0.4) is 0 Å². The number of carbonyl (C=O) groups is 1. The topological polar surface area (TPSA) is 120 Å². The summed E-state index contributed by atoms with van der Waals surface area (Å²) in [5.41, 5.74) is 3.43. The smallest absolute Gasteiger partial charge is 0.235 e. The number of hydrogen-bond acceptors (Lipinski definition) is 7. The first kappa shape index (κ1) is 21.9. The van der Waals surface area contributed by atoms with Crippen molar-refractivity contribution < 1.29 is 14.3 Å². The zero-order valence-electron chi connectivity index (χ0n) is 19.3. The fourth-order valence-corrected chi connectivity index (χ4v) is 4.71. The summed E-state index contributed by atoms with van der Waals surface area (Å²) in [6.45, 7) is 2.69. The van der Waals surface area contributed by atoms with E-state index >= 15 is 0 Å². The van der Waals surface area contributed by atoms with Crippen LogP contribution in [0.1, 0.15) is 37.2 Å². The maximum atomic E-state index is 13.1. The number of imidazole rings is 1. The highest BCUT2D eigenvalue weighted by atomic mass is 16.5.